The van der Waals surface area contributed by atoms with Crippen LogP contribution in [0.15, 0.2) is 22.8 Å². The quantitative estimate of drug-likeness (QED) is 0.717. The Morgan fingerprint density at radius 2 is 2.50 bits per heavy atom. The molecule has 1 atom stereocenters. The lowest BCUT2D eigenvalue weighted by molar-refractivity contribution is 0.147. The number of hydrogen-bond acceptors (Lipinski definition) is 3. The molecule has 1 aromatic heterocycles. The summed E-state index contributed by atoms with van der Waals surface area (Å²) in [6, 6.07) is 3.60. The largest absolute Gasteiger partial charge is 0.467 e. The second kappa shape index (κ2) is 5.27. The second-order valence-corrected chi connectivity index (χ2v) is 3.91. The minimum atomic E-state index is -0.431. The zero-order valence-corrected chi connectivity index (χ0v) is 8.01. The van der Waals surface area contributed by atoms with Crippen LogP contribution in [0.4, 0.5) is 0 Å². The summed E-state index contributed by atoms with van der Waals surface area (Å²) in [6.45, 7) is 2.12. The molecule has 0 aliphatic heterocycles. The third-order valence-corrected chi connectivity index (χ3v) is 2.54. The molecule has 12 heavy (non-hydrogen) atoms. The van der Waals surface area contributed by atoms with Crippen molar-refractivity contribution in [3.8, 4) is 0 Å². The van der Waals surface area contributed by atoms with Crippen LogP contribution in [0.2, 0.25) is 0 Å². The second-order valence-electron chi connectivity index (χ2n) is 2.52. The summed E-state index contributed by atoms with van der Waals surface area (Å²) in [4.78, 5) is 0. The van der Waals surface area contributed by atoms with Crippen LogP contribution in [-0.4, -0.2) is 16.6 Å². The summed E-state index contributed by atoms with van der Waals surface area (Å²) in [6.07, 6.45) is 1.93. The molecule has 0 amide bonds. The zero-order chi connectivity index (χ0) is 8.81. The van der Waals surface area contributed by atoms with E-state index in [2.05, 4.69) is 6.92 Å². The molecule has 0 radical (unpaired) electrons. The molecular formula is C9H14O2S. The highest BCUT2D eigenvalue weighted by Crippen LogP contribution is 2.18. The van der Waals surface area contributed by atoms with Gasteiger partial charge in [0, 0.05) is 0 Å². The van der Waals surface area contributed by atoms with Gasteiger partial charge in [-0.25, -0.2) is 0 Å². The van der Waals surface area contributed by atoms with Crippen LogP contribution in [0.5, 0.6) is 0 Å². The predicted octanol–water partition coefficient (Wildman–Crippen LogP) is 2.46. The zero-order valence-electron chi connectivity index (χ0n) is 7.19. The van der Waals surface area contributed by atoms with Crippen LogP contribution in [0.1, 0.15) is 25.2 Å². The monoisotopic (exact) mass is 186 g/mol. The summed E-state index contributed by atoms with van der Waals surface area (Å²) >= 11 is 1.83. The fraction of sp³-hybridized carbons (Fsp3) is 0.556. The topological polar surface area (TPSA) is 33.4 Å². The van der Waals surface area contributed by atoms with Gasteiger partial charge in [-0.3, -0.25) is 0 Å². The molecule has 1 aromatic rings. The van der Waals surface area contributed by atoms with Gasteiger partial charge in [0.15, 0.2) is 0 Å². The van der Waals surface area contributed by atoms with Crippen molar-refractivity contribution in [2.45, 2.75) is 19.4 Å². The van der Waals surface area contributed by atoms with Crippen LogP contribution < -0.4 is 0 Å². The first-order chi connectivity index (χ1) is 5.84. The molecule has 1 rings (SSSR count). The molecule has 2 nitrogen and oxygen atoms in total. The van der Waals surface area contributed by atoms with Crippen molar-refractivity contribution in [2.24, 2.45) is 0 Å². The fourth-order valence-corrected chi connectivity index (χ4v) is 1.64. The van der Waals surface area contributed by atoms with Crippen LogP contribution in [0, 0.1) is 0 Å². The molecular weight excluding hydrogens is 172 g/mol. The molecule has 0 saturated heterocycles. The van der Waals surface area contributed by atoms with Crippen molar-refractivity contribution < 1.29 is 9.52 Å². The number of furan rings is 1. The molecule has 0 bridgehead atoms. The minimum absolute atomic E-state index is 0.431. The first-order valence-corrected chi connectivity index (χ1v) is 5.29. The Morgan fingerprint density at radius 3 is 3.08 bits per heavy atom. The predicted molar refractivity (Wildman–Crippen MR) is 51.3 cm³/mol. The SMILES string of the molecule is CCSCCC(O)c1ccco1. The van der Waals surface area contributed by atoms with Gasteiger partial charge in [0.05, 0.1) is 6.26 Å². The highest BCUT2D eigenvalue weighted by molar-refractivity contribution is 7.99. The average molecular weight is 186 g/mol. The van der Waals surface area contributed by atoms with E-state index in [1.807, 2.05) is 11.8 Å². The first-order valence-electron chi connectivity index (χ1n) is 4.13. The van der Waals surface area contributed by atoms with E-state index in [0.29, 0.717) is 5.76 Å². The molecule has 1 unspecified atom stereocenters. The maximum atomic E-state index is 9.53. The van der Waals surface area contributed by atoms with Gasteiger partial charge >= 0.3 is 0 Å². The highest BCUT2D eigenvalue weighted by Gasteiger charge is 2.08. The van der Waals surface area contributed by atoms with Crippen LogP contribution in [0.25, 0.3) is 0 Å². The van der Waals surface area contributed by atoms with Crippen LogP contribution in [0.3, 0.4) is 0 Å². The molecule has 0 spiro atoms. The molecule has 3 heteroatoms. The first kappa shape index (κ1) is 9.68. The fourth-order valence-electron chi connectivity index (χ4n) is 0.962. The van der Waals surface area contributed by atoms with Crippen molar-refractivity contribution in [2.75, 3.05) is 11.5 Å². The van der Waals surface area contributed by atoms with Gasteiger partial charge in [-0.15, -0.1) is 0 Å². The summed E-state index contributed by atoms with van der Waals surface area (Å²) in [5.74, 6) is 2.76. The number of thioether (sulfide) groups is 1. The van der Waals surface area contributed by atoms with Gasteiger partial charge in [-0.2, -0.15) is 11.8 Å². The standard InChI is InChI=1S/C9H14O2S/c1-2-12-7-5-8(10)9-4-3-6-11-9/h3-4,6,8,10H,2,5,7H2,1H3. The van der Waals surface area contributed by atoms with E-state index >= 15 is 0 Å². The lowest BCUT2D eigenvalue weighted by atomic mass is 10.2. The Balaban J connectivity index is 2.25. The highest BCUT2D eigenvalue weighted by atomic mass is 32.2. The van der Waals surface area contributed by atoms with E-state index in [4.69, 9.17) is 4.42 Å². The number of rotatable bonds is 5. The van der Waals surface area contributed by atoms with E-state index in [1.54, 1.807) is 18.4 Å². The summed E-state index contributed by atoms with van der Waals surface area (Å²) in [5, 5.41) is 9.53. The number of hydrogen-bond donors (Lipinski definition) is 1. The van der Waals surface area contributed by atoms with Gasteiger partial charge in [0.25, 0.3) is 0 Å². The molecule has 0 aliphatic rings. The van der Waals surface area contributed by atoms with Crippen molar-refractivity contribution in [3.63, 3.8) is 0 Å². The molecule has 0 fully saturated rings. The number of aliphatic hydroxyl groups is 1. The lowest BCUT2D eigenvalue weighted by Gasteiger charge is -2.05. The van der Waals surface area contributed by atoms with Gasteiger partial charge in [0.1, 0.15) is 11.9 Å². The Hall–Kier alpha value is -0.410. The summed E-state index contributed by atoms with van der Waals surface area (Å²) in [7, 11) is 0. The number of aliphatic hydroxyl groups excluding tert-OH is 1. The maximum Gasteiger partial charge on any atom is 0.132 e. The van der Waals surface area contributed by atoms with E-state index in [0.717, 1.165) is 17.9 Å². The Kier molecular flexibility index (Phi) is 4.25. The third kappa shape index (κ3) is 2.91. The average Bonchev–Trinajstić information content (AvgIpc) is 2.56. The molecule has 1 heterocycles. The van der Waals surface area contributed by atoms with Gasteiger partial charge in [-0.05, 0) is 30.1 Å². The van der Waals surface area contributed by atoms with Crippen molar-refractivity contribution >= 4 is 11.8 Å². The molecule has 1 N–H and O–H groups in total. The summed E-state index contributed by atoms with van der Waals surface area (Å²) in [5.41, 5.74) is 0. The maximum absolute atomic E-state index is 9.53. The van der Waals surface area contributed by atoms with Gasteiger partial charge in [-0.1, -0.05) is 6.92 Å². The van der Waals surface area contributed by atoms with Crippen LogP contribution in [-0.2, 0) is 0 Å². The van der Waals surface area contributed by atoms with E-state index in [1.165, 1.54) is 0 Å². The van der Waals surface area contributed by atoms with Crippen molar-refractivity contribution in [3.05, 3.63) is 24.2 Å². The van der Waals surface area contributed by atoms with Gasteiger partial charge in [0.2, 0.25) is 0 Å². The summed E-state index contributed by atoms with van der Waals surface area (Å²) < 4.78 is 5.07. The van der Waals surface area contributed by atoms with Crippen LogP contribution >= 0.6 is 11.8 Å². The Morgan fingerprint density at radius 1 is 1.67 bits per heavy atom. The van der Waals surface area contributed by atoms with Crippen molar-refractivity contribution in [1.82, 2.24) is 0 Å². The Bertz CT molecular complexity index is 196. The third-order valence-electron chi connectivity index (χ3n) is 1.61. The molecule has 0 aromatic carbocycles. The van der Waals surface area contributed by atoms with Gasteiger partial charge < -0.3 is 9.52 Å². The minimum Gasteiger partial charge on any atom is -0.467 e. The van der Waals surface area contributed by atoms with E-state index in [9.17, 15) is 5.11 Å². The molecule has 68 valence electrons. The lowest BCUT2D eigenvalue weighted by Crippen LogP contribution is -1.97. The smallest absolute Gasteiger partial charge is 0.132 e. The normalized spacial score (nSPS) is 13.2. The molecule has 0 aliphatic carbocycles. The van der Waals surface area contributed by atoms with E-state index in [-0.39, 0.29) is 0 Å². The Labute approximate surface area is 77.0 Å². The van der Waals surface area contributed by atoms with E-state index < -0.39 is 6.10 Å². The molecule has 0 saturated carbocycles. The van der Waals surface area contributed by atoms with Crippen molar-refractivity contribution in [1.29, 1.82) is 0 Å².